The predicted octanol–water partition coefficient (Wildman–Crippen LogP) is 3.07. The summed E-state index contributed by atoms with van der Waals surface area (Å²) in [4.78, 5) is 10.8. The van der Waals surface area contributed by atoms with Gasteiger partial charge >= 0.3 is 0 Å². The van der Waals surface area contributed by atoms with Gasteiger partial charge in [0.25, 0.3) is 5.69 Å². The maximum atomic E-state index is 11.3. The van der Waals surface area contributed by atoms with E-state index in [0.29, 0.717) is 22.8 Å². The molecule has 0 unspecified atom stereocenters. The molecule has 25 heavy (non-hydrogen) atoms. The Labute approximate surface area is 155 Å². The molecule has 0 fully saturated rings. The molecule has 0 heterocycles. The summed E-state index contributed by atoms with van der Waals surface area (Å²) in [5.74, 6) is 0. The SMILES string of the molecule is NC(=S)N/N=C/c1ccc(NCCc2ccc(Cl)cc2)c([N+](=O)[O-])c1. The molecule has 2 rings (SSSR count). The van der Waals surface area contributed by atoms with Gasteiger partial charge < -0.3 is 11.1 Å². The highest BCUT2D eigenvalue weighted by Crippen LogP contribution is 2.25. The van der Waals surface area contributed by atoms with Crippen LogP contribution in [-0.4, -0.2) is 22.8 Å². The number of hydrazone groups is 1. The second-order valence-corrected chi connectivity index (χ2v) is 5.95. The van der Waals surface area contributed by atoms with Gasteiger partial charge in [-0.05, 0) is 42.4 Å². The number of anilines is 1. The summed E-state index contributed by atoms with van der Waals surface area (Å²) in [5.41, 5.74) is 9.70. The first-order valence-electron chi connectivity index (χ1n) is 7.31. The fourth-order valence-corrected chi connectivity index (χ4v) is 2.27. The van der Waals surface area contributed by atoms with Gasteiger partial charge in [-0.3, -0.25) is 15.5 Å². The molecule has 0 aliphatic rings. The van der Waals surface area contributed by atoms with Crippen molar-refractivity contribution in [2.24, 2.45) is 10.8 Å². The van der Waals surface area contributed by atoms with Crippen LogP contribution in [0.3, 0.4) is 0 Å². The number of hydrogen-bond acceptors (Lipinski definition) is 5. The van der Waals surface area contributed by atoms with Crippen molar-refractivity contribution in [2.75, 3.05) is 11.9 Å². The highest BCUT2D eigenvalue weighted by Gasteiger charge is 2.13. The Balaban J connectivity index is 2.04. The van der Waals surface area contributed by atoms with E-state index in [1.165, 1.54) is 12.3 Å². The first kappa shape index (κ1) is 18.6. The summed E-state index contributed by atoms with van der Waals surface area (Å²) in [7, 11) is 0. The number of nitrogens with zero attached hydrogens (tertiary/aromatic N) is 2. The van der Waals surface area contributed by atoms with E-state index in [1.807, 2.05) is 24.3 Å². The monoisotopic (exact) mass is 377 g/mol. The molecule has 0 aliphatic carbocycles. The number of rotatable bonds is 7. The third-order valence-electron chi connectivity index (χ3n) is 3.25. The first-order valence-corrected chi connectivity index (χ1v) is 8.09. The molecule has 2 aromatic rings. The van der Waals surface area contributed by atoms with E-state index < -0.39 is 4.92 Å². The molecule has 0 bridgehead atoms. The molecular weight excluding hydrogens is 362 g/mol. The average molecular weight is 378 g/mol. The Hall–Kier alpha value is -2.71. The van der Waals surface area contributed by atoms with Crippen LogP contribution in [0, 0.1) is 10.1 Å². The third-order valence-corrected chi connectivity index (χ3v) is 3.59. The van der Waals surface area contributed by atoms with E-state index in [1.54, 1.807) is 12.1 Å². The topological polar surface area (TPSA) is 106 Å². The van der Waals surface area contributed by atoms with Crippen LogP contribution in [0.4, 0.5) is 11.4 Å². The van der Waals surface area contributed by atoms with Gasteiger partial charge in [0.2, 0.25) is 0 Å². The summed E-state index contributed by atoms with van der Waals surface area (Å²) in [6, 6.07) is 12.3. The van der Waals surface area contributed by atoms with Gasteiger partial charge in [-0.1, -0.05) is 29.8 Å². The van der Waals surface area contributed by atoms with Crippen LogP contribution in [-0.2, 0) is 6.42 Å². The minimum atomic E-state index is -0.442. The van der Waals surface area contributed by atoms with Crippen LogP contribution in [0.5, 0.6) is 0 Å². The fraction of sp³-hybridized carbons (Fsp3) is 0.125. The van der Waals surface area contributed by atoms with E-state index in [-0.39, 0.29) is 10.8 Å². The molecule has 0 atom stereocenters. The number of hydrogen-bond donors (Lipinski definition) is 3. The van der Waals surface area contributed by atoms with Crippen LogP contribution in [0.25, 0.3) is 0 Å². The van der Waals surface area contributed by atoms with Crippen LogP contribution in [0.15, 0.2) is 47.6 Å². The minimum Gasteiger partial charge on any atom is -0.379 e. The van der Waals surface area contributed by atoms with Gasteiger partial charge in [0.15, 0.2) is 5.11 Å². The number of nitro groups is 1. The van der Waals surface area contributed by atoms with Gasteiger partial charge in [0.1, 0.15) is 5.69 Å². The molecular formula is C16H16ClN5O2S. The first-order chi connectivity index (χ1) is 12.0. The number of nitrogens with one attached hydrogen (secondary N) is 2. The van der Waals surface area contributed by atoms with Crippen molar-refractivity contribution < 1.29 is 4.92 Å². The maximum absolute atomic E-state index is 11.3. The lowest BCUT2D eigenvalue weighted by atomic mass is 10.1. The van der Waals surface area contributed by atoms with Crippen molar-refractivity contribution in [3.05, 3.63) is 68.7 Å². The van der Waals surface area contributed by atoms with Crippen molar-refractivity contribution in [3.63, 3.8) is 0 Å². The molecule has 130 valence electrons. The van der Waals surface area contributed by atoms with Crippen molar-refractivity contribution >= 4 is 46.5 Å². The number of halogens is 1. The van der Waals surface area contributed by atoms with Gasteiger partial charge in [0, 0.05) is 23.2 Å². The van der Waals surface area contributed by atoms with Crippen molar-refractivity contribution in [3.8, 4) is 0 Å². The molecule has 0 aliphatic heterocycles. The Morgan fingerprint density at radius 3 is 2.68 bits per heavy atom. The lowest BCUT2D eigenvalue weighted by molar-refractivity contribution is -0.384. The molecule has 0 saturated carbocycles. The molecule has 7 nitrogen and oxygen atoms in total. The number of benzene rings is 2. The molecule has 0 spiro atoms. The van der Waals surface area contributed by atoms with E-state index >= 15 is 0 Å². The van der Waals surface area contributed by atoms with Crippen molar-refractivity contribution in [2.45, 2.75) is 6.42 Å². The van der Waals surface area contributed by atoms with Crippen LogP contribution in [0.2, 0.25) is 5.02 Å². The summed E-state index contributed by atoms with van der Waals surface area (Å²) in [5, 5.41) is 18.8. The summed E-state index contributed by atoms with van der Waals surface area (Å²) in [6.07, 6.45) is 2.12. The van der Waals surface area contributed by atoms with Crippen molar-refractivity contribution in [1.29, 1.82) is 0 Å². The highest BCUT2D eigenvalue weighted by molar-refractivity contribution is 7.80. The second-order valence-electron chi connectivity index (χ2n) is 5.07. The average Bonchev–Trinajstić information content (AvgIpc) is 2.57. The normalized spacial score (nSPS) is 10.6. The smallest absolute Gasteiger partial charge is 0.292 e. The summed E-state index contributed by atoms with van der Waals surface area (Å²) >= 11 is 10.5. The van der Waals surface area contributed by atoms with E-state index in [4.69, 9.17) is 17.3 Å². The zero-order valence-electron chi connectivity index (χ0n) is 13.1. The number of nitrogens with two attached hydrogens (primary N) is 1. The lowest BCUT2D eigenvalue weighted by Gasteiger charge is -2.08. The Kier molecular flexibility index (Phi) is 6.67. The standard InChI is InChI=1S/C16H16ClN5O2S/c17-13-4-1-11(2-5-13)7-8-19-14-6-3-12(9-15(14)22(23)24)10-20-21-16(18)25/h1-6,9-10,19H,7-8H2,(H3,18,21,25)/b20-10+. The lowest BCUT2D eigenvalue weighted by Crippen LogP contribution is -2.23. The quantitative estimate of drug-likeness (QED) is 0.296. The Bertz CT molecular complexity index is 796. The van der Waals surface area contributed by atoms with E-state index in [2.05, 4.69) is 28.1 Å². The van der Waals surface area contributed by atoms with Gasteiger partial charge in [-0.2, -0.15) is 5.10 Å². The second kappa shape index (κ2) is 8.95. The van der Waals surface area contributed by atoms with Crippen LogP contribution < -0.4 is 16.5 Å². The van der Waals surface area contributed by atoms with E-state index in [9.17, 15) is 10.1 Å². The Morgan fingerprint density at radius 2 is 2.04 bits per heavy atom. The van der Waals surface area contributed by atoms with E-state index in [0.717, 1.165) is 12.0 Å². The van der Waals surface area contributed by atoms with Gasteiger partial charge in [0.05, 0.1) is 11.1 Å². The molecule has 0 saturated heterocycles. The third kappa shape index (κ3) is 6.02. The molecule has 4 N–H and O–H groups in total. The zero-order chi connectivity index (χ0) is 18.2. The zero-order valence-corrected chi connectivity index (χ0v) is 14.7. The van der Waals surface area contributed by atoms with Gasteiger partial charge in [-0.15, -0.1) is 0 Å². The molecule has 9 heteroatoms. The number of nitro benzene ring substituents is 1. The summed E-state index contributed by atoms with van der Waals surface area (Å²) in [6.45, 7) is 0.554. The largest absolute Gasteiger partial charge is 0.379 e. The highest BCUT2D eigenvalue weighted by atomic mass is 35.5. The van der Waals surface area contributed by atoms with Crippen molar-refractivity contribution in [1.82, 2.24) is 5.43 Å². The maximum Gasteiger partial charge on any atom is 0.292 e. The van der Waals surface area contributed by atoms with Gasteiger partial charge in [-0.25, -0.2) is 0 Å². The van der Waals surface area contributed by atoms with Crippen LogP contribution in [0.1, 0.15) is 11.1 Å². The molecule has 0 radical (unpaired) electrons. The molecule has 0 aromatic heterocycles. The fourth-order valence-electron chi connectivity index (χ4n) is 2.09. The Morgan fingerprint density at radius 1 is 1.32 bits per heavy atom. The van der Waals surface area contributed by atoms with Crippen LogP contribution >= 0.6 is 23.8 Å². The molecule has 0 amide bonds. The number of thiocarbonyl (C=S) groups is 1. The predicted molar refractivity (Wildman–Crippen MR) is 104 cm³/mol. The molecule has 2 aromatic carbocycles. The summed E-state index contributed by atoms with van der Waals surface area (Å²) < 4.78 is 0. The minimum absolute atomic E-state index is 0.0197.